The van der Waals surface area contributed by atoms with Crippen LogP contribution in [0.5, 0.6) is 5.75 Å². The molecule has 2 atom stereocenters. The van der Waals surface area contributed by atoms with Crippen LogP contribution in [0.3, 0.4) is 0 Å². The summed E-state index contributed by atoms with van der Waals surface area (Å²) < 4.78 is 5.30. The molecule has 2 aliphatic heterocycles. The zero-order chi connectivity index (χ0) is 21.8. The minimum atomic E-state index is -0.270. The molecule has 3 N–H and O–H groups in total. The Morgan fingerprint density at radius 1 is 1.10 bits per heavy atom. The van der Waals surface area contributed by atoms with E-state index in [1.165, 1.54) is 0 Å². The lowest BCUT2D eigenvalue weighted by Gasteiger charge is -2.33. The van der Waals surface area contributed by atoms with Gasteiger partial charge in [-0.2, -0.15) is 0 Å². The van der Waals surface area contributed by atoms with E-state index in [4.69, 9.17) is 16.3 Å². The number of rotatable bonds is 5. The van der Waals surface area contributed by atoms with Gasteiger partial charge in [-0.25, -0.2) is 10.9 Å². The largest absolute Gasteiger partial charge is 0.497 e. The molecule has 2 aromatic carbocycles. The average Bonchev–Trinajstić information content (AvgIpc) is 3.29. The molecule has 0 spiro atoms. The third-order valence-electron chi connectivity index (χ3n) is 5.93. The molecule has 2 unspecified atom stereocenters. The Hall–Kier alpha value is -2.61. The number of carbonyl (C=O) groups excluding carboxylic acids is 2. The summed E-state index contributed by atoms with van der Waals surface area (Å²) in [5, 5.41) is 3.60. The second-order valence-electron chi connectivity index (χ2n) is 7.99. The van der Waals surface area contributed by atoms with Crippen LogP contribution in [0.1, 0.15) is 41.2 Å². The Morgan fingerprint density at radius 3 is 2.61 bits per heavy atom. The average molecular weight is 443 g/mol. The third-order valence-corrected chi connectivity index (χ3v) is 6.16. The molecular formula is C23H27ClN4O3. The minimum Gasteiger partial charge on any atom is -0.497 e. The van der Waals surface area contributed by atoms with Gasteiger partial charge in [-0.3, -0.25) is 9.59 Å². The van der Waals surface area contributed by atoms with Crippen molar-refractivity contribution in [3.63, 3.8) is 0 Å². The van der Waals surface area contributed by atoms with Crippen LogP contribution in [0.15, 0.2) is 48.5 Å². The fraction of sp³-hybridized carbons (Fsp3) is 0.391. The van der Waals surface area contributed by atoms with Gasteiger partial charge in [0, 0.05) is 35.8 Å². The van der Waals surface area contributed by atoms with Crippen molar-refractivity contribution in [2.45, 2.75) is 37.4 Å². The molecule has 8 heteroatoms. The Bertz CT molecular complexity index is 946. The number of hydrogen-bond donors (Lipinski definition) is 3. The first-order valence-electron chi connectivity index (χ1n) is 10.5. The maximum absolute atomic E-state index is 13.0. The zero-order valence-electron chi connectivity index (χ0n) is 17.4. The first-order chi connectivity index (χ1) is 15.0. The molecule has 0 saturated carbocycles. The minimum absolute atomic E-state index is 0.0507. The molecule has 2 heterocycles. The number of halogens is 1. The number of nitrogens with one attached hydrogen (secondary N) is 3. The summed E-state index contributed by atoms with van der Waals surface area (Å²) in [5.74, 6) is 0.767. The van der Waals surface area contributed by atoms with Crippen LogP contribution in [-0.2, 0) is 4.79 Å². The number of amides is 2. The first kappa shape index (κ1) is 21.6. The van der Waals surface area contributed by atoms with E-state index in [-0.39, 0.29) is 29.9 Å². The molecule has 31 heavy (non-hydrogen) atoms. The van der Waals surface area contributed by atoms with Crippen molar-refractivity contribution in [3.05, 3.63) is 64.7 Å². The van der Waals surface area contributed by atoms with Crippen LogP contribution < -0.4 is 20.9 Å². The molecule has 0 aliphatic carbocycles. The fourth-order valence-corrected chi connectivity index (χ4v) is 4.35. The van der Waals surface area contributed by atoms with Crippen molar-refractivity contribution in [2.75, 3.05) is 20.2 Å². The summed E-state index contributed by atoms with van der Waals surface area (Å²) in [6, 6.07) is 14.6. The smallest absolute Gasteiger partial charge is 0.251 e. The number of carbonyl (C=O) groups is 2. The standard InChI is InChI=1S/C23H27ClN4O3/c1-31-19-7-3-4-15(13-19)20-14-21(27-26-20)23(30)28-10-8-18(9-11-28)25-22(29)16-5-2-6-17(24)12-16/h2-7,12-13,18,20-21,26-27H,8-11,14H2,1H3,(H,25,29). The Morgan fingerprint density at radius 2 is 1.87 bits per heavy atom. The van der Waals surface area contributed by atoms with E-state index in [1.807, 2.05) is 29.2 Å². The molecule has 2 aromatic rings. The number of hydrazine groups is 1. The van der Waals surface area contributed by atoms with E-state index < -0.39 is 0 Å². The van der Waals surface area contributed by atoms with Gasteiger partial charge in [0.25, 0.3) is 5.91 Å². The summed E-state index contributed by atoms with van der Waals surface area (Å²) in [7, 11) is 1.65. The van der Waals surface area contributed by atoms with Crippen molar-refractivity contribution in [3.8, 4) is 5.75 Å². The molecule has 2 fully saturated rings. The van der Waals surface area contributed by atoms with Gasteiger partial charge in [-0.1, -0.05) is 29.8 Å². The van der Waals surface area contributed by atoms with Crippen molar-refractivity contribution in [1.82, 2.24) is 21.1 Å². The molecule has 164 valence electrons. The van der Waals surface area contributed by atoms with E-state index in [0.717, 1.165) is 24.2 Å². The number of benzene rings is 2. The molecular weight excluding hydrogens is 416 g/mol. The molecule has 2 saturated heterocycles. The predicted octanol–water partition coefficient (Wildman–Crippen LogP) is 2.68. The van der Waals surface area contributed by atoms with Crippen molar-refractivity contribution in [2.24, 2.45) is 0 Å². The highest BCUT2D eigenvalue weighted by Crippen LogP contribution is 2.26. The lowest BCUT2D eigenvalue weighted by molar-refractivity contribution is -0.134. The van der Waals surface area contributed by atoms with Gasteiger partial charge in [0.05, 0.1) is 7.11 Å². The Kier molecular flexibility index (Phi) is 6.75. The van der Waals surface area contributed by atoms with E-state index in [1.54, 1.807) is 31.4 Å². The van der Waals surface area contributed by atoms with Gasteiger partial charge in [-0.05, 0) is 55.2 Å². The number of likely N-dealkylation sites (tertiary alicyclic amines) is 1. The summed E-state index contributed by atoms with van der Waals surface area (Å²) >= 11 is 5.97. The van der Waals surface area contributed by atoms with Gasteiger partial charge in [0.2, 0.25) is 5.91 Å². The molecule has 0 aromatic heterocycles. The van der Waals surface area contributed by atoms with Crippen molar-refractivity contribution in [1.29, 1.82) is 0 Å². The maximum Gasteiger partial charge on any atom is 0.251 e. The number of piperidine rings is 1. The van der Waals surface area contributed by atoms with Gasteiger partial charge in [0.15, 0.2) is 0 Å². The van der Waals surface area contributed by atoms with Crippen molar-refractivity contribution < 1.29 is 14.3 Å². The van der Waals surface area contributed by atoms with Crippen LogP contribution in [0.2, 0.25) is 5.02 Å². The summed E-state index contributed by atoms with van der Waals surface area (Å²) in [5.41, 5.74) is 8.02. The summed E-state index contributed by atoms with van der Waals surface area (Å²) in [6.07, 6.45) is 2.15. The van der Waals surface area contributed by atoms with Gasteiger partial charge in [0.1, 0.15) is 11.8 Å². The van der Waals surface area contributed by atoms with E-state index in [9.17, 15) is 9.59 Å². The first-order valence-corrected chi connectivity index (χ1v) is 10.9. The molecule has 0 bridgehead atoms. The van der Waals surface area contributed by atoms with Crippen LogP contribution in [-0.4, -0.2) is 49.0 Å². The Balaban J connectivity index is 1.27. The monoisotopic (exact) mass is 442 g/mol. The molecule has 7 nitrogen and oxygen atoms in total. The lowest BCUT2D eigenvalue weighted by atomic mass is 9.99. The van der Waals surface area contributed by atoms with Crippen LogP contribution >= 0.6 is 11.6 Å². The van der Waals surface area contributed by atoms with E-state index in [2.05, 4.69) is 16.2 Å². The number of ether oxygens (including phenoxy) is 1. The number of hydrogen-bond acceptors (Lipinski definition) is 5. The van der Waals surface area contributed by atoms with Gasteiger partial charge in [-0.15, -0.1) is 0 Å². The normalized spacial score (nSPS) is 21.7. The SMILES string of the molecule is COc1cccc(C2CC(C(=O)N3CCC(NC(=O)c4cccc(Cl)c4)CC3)NN2)c1. The highest BCUT2D eigenvalue weighted by molar-refractivity contribution is 6.30. The van der Waals surface area contributed by atoms with Gasteiger partial charge >= 0.3 is 0 Å². The third kappa shape index (κ3) is 5.18. The molecule has 4 rings (SSSR count). The molecule has 2 aliphatic rings. The van der Waals surface area contributed by atoms with Crippen LogP contribution in [0.4, 0.5) is 0 Å². The number of methoxy groups -OCH3 is 1. The second kappa shape index (κ2) is 9.68. The lowest BCUT2D eigenvalue weighted by Crippen LogP contribution is -2.51. The number of nitrogens with zero attached hydrogens (tertiary/aromatic N) is 1. The summed E-state index contributed by atoms with van der Waals surface area (Å²) in [4.78, 5) is 27.3. The van der Waals surface area contributed by atoms with Crippen LogP contribution in [0, 0.1) is 0 Å². The molecule has 0 radical (unpaired) electrons. The fourth-order valence-electron chi connectivity index (χ4n) is 4.16. The van der Waals surface area contributed by atoms with Gasteiger partial charge < -0.3 is 15.0 Å². The van der Waals surface area contributed by atoms with Crippen LogP contribution in [0.25, 0.3) is 0 Å². The highest BCUT2D eigenvalue weighted by Gasteiger charge is 2.34. The molecule has 2 amide bonds. The second-order valence-corrected chi connectivity index (χ2v) is 8.43. The van der Waals surface area contributed by atoms with E-state index in [0.29, 0.717) is 30.1 Å². The quantitative estimate of drug-likeness (QED) is 0.663. The maximum atomic E-state index is 13.0. The Labute approximate surface area is 187 Å². The topological polar surface area (TPSA) is 82.7 Å². The summed E-state index contributed by atoms with van der Waals surface area (Å²) in [6.45, 7) is 1.25. The van der Waals surface area contributed by atoms with Crippen molar-refractivity contribution >= 4 is 23.4 Å². The van der Waals surface area contributed by atoms with E-state index >= 15 is 0 Å². The predicted molar refractivity (Wildman–Crippen MR) is 119 cm³/mol. The highest BCUT2D eigenvalue weighted by atomic mass is 35.5. The zero-order valence-corrected chi connectivity index (χ0v) is 18.2.